The molecule has 6 aromatic carbocycles. The van der Waals surface area contributed by atoms with Crippen LogP contribution in [0.25, 0.3) is 67.5 Å². The maximum atomic E-state index is 5.00. The van der Waals surface area contributed by atoms with E-state index in [-0.39, 0.29) is 16.2 Å². The number of rotatable bonds is 4. The van der Waals surface area contributed by atoms with Gasteiger partial charge < -0.3 is 0 Å². The van der Waals surface area contributed by atoms with Gasteiger partial charge in [-0.15, -0.1) is 0 Å². The van der Waals surface area contributed by atoms with E-state index in [1.165, 1.54) is 50.1 Å². The predicted octanol–water partition coefficient (Wildman–Crippen LogP) is 12.1. The van der Waals surface area contributed by atoms with E-state index in [1.807, 2.05) is 60.7 Å². The maximum absolute atomic E-state index is 5.00. The lowest BCUT2D eigenvalue weighted by Gasteiger charge is -2.49. The van der Waals surface area contributed by atoms with Crippen LogP contribution in [-0.4, -0.2) is 15.0 Å². The first-order valence-corrected chi connectivity index (χ1v) is 18.0. The Bertz CT molecular complexity index is 2430. The molecule has 0 saturated carbocycles. The van der Waals surface area contributed by atoms with Gasteiger partial charge in [-0.2, -0.15) is 0 Å². The number of aromatic nitrogens is 3. The highest BCUT2D eigenvalue weighted by atomic mass is 15.0. The zero-order valence-electron chi connectivity index (χ0n) is 30.1. The summed E-state index contributed by atoms with van der Waals surface area (Å²) in [5, 5.41) is 0. The number of hydrogen-bond acceptors (Lipinski definition) is 3. The fourth-order valence-electron chi connectivity index (χ4n) is 8.58. The van der Waals surface area contributed by atoms with Gasteiger partial charge in [-0.25, -0.2) is 15.0 Å². The molecule has 1 aromatic heterocycles. The molecule has 3 nitrogen and oxygen atoms in total. The standard InChI is InChI=1S/C48H41N3/c1-46(2)40-29-33(24-25-35(40)36-26-27-39-41(42(36)46)37-22-13-14-23-38(37)47(3,4)48(39,5)6)32-20-15-21-34(28-32)45-50-43(30-16-9-7-10-17-30)49-44(51-45)31-18-11-8-12-19-31/h7-29H,1-6H3. The molecular weight excluding hydrogens is 619 g/mol. The van der Waals surface area contributed by atoms with Crippen LogP contribution < -0.4 is 0 Å². The molecule has 0 saturated heterocycles. The van der Waals surface area contributed by atoms with E-state index >= 15 is 0 Å². The summed E-state index contributed by atoms with van der Waals surface area (Å²) >= 11 is 0. The van der Waals surface area contributed by atoms with E-state index < -0.39 is 0 Å². The molecule has 7 aromatic rings. The van der Waals surface area contributed by atoms with Gasteiger partial charge in [0, 0.05) is 22.1 Å². The first-order chi connectivity index (χ1) is 24.6. The summed E-state index contributed by atoms with van der Waals surface area (Å²) in [6, 6.07) is 49.9. The summed E-state index contributed by atoms with van der Waals surface area (Å²) in [7, 11) is 0. The second-order valence-electron chi connectivity index (χ2n) is 15.7. The fraction of sp³-hybridized carbons (Fsp3) is 0.188. The van der Waals surface area contributed by atoms with E-state index in [0.717, 1.165) is 22.3 Å². The van der Waals surface area contributed by atoms with E-state index in [4.69, 9.17) is 15.0 Å². The van der Waals surface area contributed by atoms with E-state index in [9.17, 15) is 0 Å². The third-order valence-corrected chi connectivity index (χ3v) is 12.1. The Labute approximate surface area is 301 Å². The van der Waals surface area contributed by atoms with Gasteiger partial charge in [-0.05, 0) is 78.6 Å². The molecule has 248 valence electrons. The lowest BCUT2D eigenvalue weighted by molar-refractivity contribution is 0.298. The number of hydrogen-bond donors (Lipinski definition) is 0. The third kappa shape index (κ3) is 4.68. The minimum atomic E-state index is -0.183. The van der Waals surface area contributed by atoms with Crippen molar-refractivity contribution >= 4 is 0 Å². The van der Waals surface area contributed by atoms with Crippen molar-refractivity contribution < 1.29 is 0 Å². The summed E-state index contributed by atoms with van der Waals surface area (Å²) < 4.78 is 0. The summed E-state index contributed by atoms with van der Waals surface area (Å²) in [6.07, 6.45) is 0. The highest BCUT2D eigenvalue weighted by Crippen LogP contribution is 2.60. The molecule has 0 atom stereocenters. The van der Waals surface area contributed by atoms with Crippen LogP contribution in [-0.2, 0) is 16.2 Å². The lowest BCUT2D eigenvalue weighted by atomic mass is 9.54. The lowest BCUT2D eigenvalue weighted by Crippen LogP contribution is -2.44. The van der Waals surface area contributed by atoms with Gasteiger partial charge in [0.05, 0.1) is 0 Å². The molecule has 3 heteroatoms. The molecule has 0 fully saturated rings. The quantitative estimate of drug-likeness (QED) is 0.189. The monoisotopic (exact) mass is 659 g/mol. The highest BCUT2D eigenvalue weighted by molar-refractivity contribution is 5.93. The average molecular weight is 660 g/mol. The largest absolute Gasteiger partial charge is 0.208 e. The molecule has 0 bridgehead atoms. The first-order valence-electron chi connectivity index (χ1n) is 18.0. The fourth-order valence-corrected chi connectivity index (χ4v) is 8.58. The van der Waals surface area contributed by atoms with Crippen molar-refractivity contribution in [2.24, 2.45) is 0 Å². The molecule has 0 radical (unpaired) electrons. The Morgan fingerprint density at radius 1 is 0.353 bits per heavy atom. The molecule has 9 rings (SSSR count). The van der Waals surface area contributed by atoms with Crippen molar-refractivity contribution in [1.29, 1.82) is 0 Å². The average Bonchev–Trinajstić information content (AvgIpc) is 3.40. The highest BCUT2D eigenvalue weighted by Gasteiger charge is 2.49. The van der Waals surface area contributed by atoms with Crippen molar-refractivity contribution in [2.75, 3.05) is 0 Å². The molecule has 2 aliphatic rings. The van der Waals surface area contributed by atoms with Gasteiger partial charge in [0.2, 0.25) is 0 Å². The predicted molar refractivity (Wildman–Crippen MR) is 211 cm³/mol. The van der Waals surface area contributed by atoms with Crippen molar-refractivity contribution in [3.05, 3.63) is 162 Å². The Morgan fingerprint density at radius 3 is 1.53 bits per heavy atom. The molecule has 0 amide bonds. The van der Waals surface area contributed by atoms with Gasteiger partial charge in [-0.3, -0.25) is 0 Å². The van der Waals surface area contributed by atoms with Crippen LogP contribution in [0.15, 0.2) is 140 Å². The molecule has 0 N–H and O–H groups in total. The Morgan fingerprint density at radius 2 is 0.863 bits per heavy atom. The number of fused-ring (bicyclic) bond motifs is 7. The molecule has 51 heavy (non-hydrogen) atoms. The number of nitrogens with zero attached hydrogens (tertiary/aromatic N) is 3. The normalized spacial score (nSPS) is 15.7. The molecule has 0 spiro atoms. The minimum Gasteiger partial charge on any atom is -0.208 e. The van der Waals surface area contributed by atoms with Crippen LogP contribution in [0.3, 0.4) is 0 Å². The molecule has 1 heterocycles. The van der Waals surface area contributed by atoms with Gasteiger partial charge in [0.15, 0.2) is 17.5 Å². The van der Waals surface area contributed by atoms with Gasteiger partial charge in [-0.1, -0.05) is 169 Å². The van der Waals surface area contributed by atoms with E-state index in [0.29, 0.717) is 17.5 Å². The first kappa shape index (κ1) is 31.3. The summed E-state index contributed by atoms with van der Waals surface area (Å²) in [5.74, 6) is 1.99. The molecule has 2 aliphatic carbocycles. The van der Waals surface area contributed by atoms with Crippen molar-refractivity contribution in [3.63, 3.8) is 0 Å². The van der Waals surface area contributed by atoms with Crippen LogP contribution in [0.1, 0.15) is 63.8 Å². The van der Waals surface area contributed by atoms with Crippen LogP contribution >= 0.6 is 0 Å². The molecule has 0 aliphatic heterocycles. The van der Waals surface area contributed by atoms with E-state index in [2.05, 4.69) is 120 Å². The smallest absolute Gasteiger partial charge is 0.164 e. The SMILES string of the molecule is CC1(C)c2cc(-c3cccc(-c4nc(-c5ccccc5)nc(-c5ccccc5)n4)c3)ccc2-c2ccc3c(c21)-c1ccccc1C(C)(C)C3(C)C. The summed E-state index contributed by atoms with van der Waals surface area (Å²) in [5.41, 5.74) is 16.2. The second-order valence-corrected chi connectivity index (χ2v) is 15.7. The van der Waals surface area contributed by atoms with Gasteiger partial charge in [0.1, 0.15) is 0 Å². The van der Waals surface area contributed by atoms with Crippen molar-refractivity contribution in [2.45, 2.75) is 57.8 Å². The molecule has 0 unspecified atom stereocenters. The molecular formula is C48H41N3. The topological polar surface area (TPSA) is 38.7 Å². The van der Waals surface area contributed by atoms with Crippen molar-refractivity contribution in [3.8, 4) is 67.5 Å². The third-order valence-electron chi connectivity index (χ3n) is 12.1. The van der Waals surface area contributed by atoms with Crippen LogP contribution in [0.4, 0.5) is 0 Å². The Balaban J connectivity index is 1.16. The Kier molecular flexibility index (Phi) is 6.86. The number of benzene rings is 6. The maximum Gasteiger partial charge on any atom is 0.164 e. The minimum absolute atomic E-state index is 0.000858. The second kappa shape index (κ2) is 11.2. The Hall–Kier alpha value is -5.67. The van der Waals surface area contributed by atoms with E-state index in [1.54, 1.807) is 0 Å². The summed E-state index contributed by atoms with van der Waals surface area (Å²) in [6.45, 7) is 14.5. The van der Waals surface area contributed by atoms with Gasteiger partial charge >= 0.3 is 0 Å². The van der Waals surface area contributed by atoms with Crippen molar-refractivity contribution in [1.82, 2.24) is 15.0 Å². The van der Waals surface area contributed by atoms with Crippen LogP contribution in [0.5, 0.6) is 0 Å². The summed E-state index contributed by atoms with van der Waals surface area (Å²) in [4.78, 5) is 14.9. The zero-order valence-corrected chi connectivity index (χ0v) is 30.1. The van der Waals surface area contributed by atoms with Crippen LogP contribution in [0.2, 0.25) is 0 Å². The zero-order chi connectivity index (χ0) is 35.1. The van der Waals surface area contributed by atoms with Crippen LogP contribution in [0, 0.1) is 0 Å². The van der Waals surface area contributed by atoms with Gasteiger partial charge in [0.25, 0.3) is 0 Å².